The van der Waals surface area contributed by atoms with Crippen molar-refractivity contribution in [2.75, 3.05) is 0 Å². The van der Waals surface area contributed by atoms with Crippen LogP contribution in [0.4, 0.5) is 0 Å². The number of benzene rings is 1. The van der Waals surface area contributed by atoms with E-state index in [-0.39, 0.29) is 0 Å². The van der Waals surface area contributed by atoms with Crippen molar-refractivity contribution in [3.05, 3.63) is 33.9 Å². The molecular formula is C14H15Cl2N3O. The van der Waals surface area contributed by atoms with Crippen molar-refractivity contribution < 1.29 is 4.79 Å². The van der Waals surface area contributed by atoms with Gasteiger partial charge < -0.3 is 0 Å². The third kappa shape index (κ3) is 3.19. The van der Waals surface area contributed by atoms with Crippen LogP contribution in [0.2, 0.25) is 10.0 Å². The van der Waals surface area contributed by atoms with Crippen molar-refractivity contribution >= 4 is 29.5 Å². The fraction of sp³-hybridized carbons (Fsp3) is 0.357. The second-order valence-electron chi connectivity index (χ2n) is 4.50. The highest BCUT2D eigenvalue weighted by Crippen LogP contribution is 2.29. The minimum atomic E-state index is 0.319. The zero-order valence-corrected chi connectivity index (χ0v) is 12.7. The fourth-order valence-electron chi connectivity index (χ4n) is 2.01. The third-order valence-electron chi connectivity index (χ3n) is 3.04. The SMILES string of the molecule is CCCCCn1nnc(C=O)c1-c1ccc(Cl)c(Cl)c1. The monoisotopic (exact) mass is 311 g/mol. The highest BCUT2D eigenvalue weighted by atomic mass is 35.5. The molecule has 0 aliphatic heterocycles. The molecule has 0 amide bonds. The lowest BCUT2D eigenvalue weighted by Crippen LogP contribution is -2.03. The summed E-state index contributed by atoms with van der Waals surface area (Å²) in [7, 11) is 0. The molecule has 0 unspecified atom stereocenters. The molecule has 2 rings (SSSR count). The highest BCUT2D eigenvalue weighted by Gasteiger charge is 2.15. The van der Waals surface area contributed by atoms with Crippen molar-refractivity contribution in [3.8, 4) is 11.3 Å². The Bertz CT molecular complexity index is 610. The average molecular weight is 312 g/mol. The first-order valence-electron chi connectivity index (χ1n) is 6.51. The van der Waals surface area contributed by atoms with Gasteiger partial charge in [-0.1, -0.05) is 54.2 Å². The molecule has 0 N–H and O–H groups in total. The molecule has 1 heterocycles. The Morgan fingerprint density at radius 2 is 2.05 bits per heavy atom. The minimum absolute atomic E-state index is 0.319. The first-order chi connectivity index (χ1) is 9.67. The summed E-state index contributed by atoms with van der Waals surface area (Å²) in [5, 5.41) is 8.88. The van der Waals surface area contributed by atoms with E-state index in [1.54, 1.807) is 16.8 Å². The smallest absolute Gasteiger partial charge is 0.172 e. The number of rotatable bonds is 6. The third-order valence-corrected chi connectivity index (χ3v) is 3.78. The van der Waals surface area contributed by atoms with Crippen LogP contribution >= 0.6 is 23.2 Å². The number of carbonyl (C=O) groups excluding carboxylic acids is 1. The molecule has 0 saturated carbocycles. The summed E-state index contributed by atoms with van der Waals surface area (Å²) in [6, 6.07) is 5.25. The molecule has 0 bridgehead atoms. The molecule has 0 saturated heterocycles. The van der Waals surface area contributed by atoms with Gasteiger partial charge in [0.1, 0.15) is 0 Å². The Morgan fingerprint density at radius 3 is 2.70 bits per heavy atom. The van der Waals surface area contributed by atoms with Crippen LogP contribution in [0.3, 0.4) is 0 Å². The van der Waals surface area contributed by atoms with Crippen LogP contribution in [0.25, 0.3) is 11.3 Å². The molecule has 0 fully saturated rings. The maximum absolute atomic E-state index is 11.1. The van der Waals surface area contributed by atoms with Crippen molar-refractivity contribution in [1.82, 2.24) is 15.0 Å². The molecule has 0 radical (unpaired) electrons. The van der Waals surface area contributed by atoms with Crippen LogP contribution in [0.5, 0.6) is 0 Å². The standard InChI is InChI=1S/C14H15Cl2N3O/c1-2-3-4-7-19-14(13(9-20)17-18-19)10-5-6-11(15)12(16)8-10/h5-6,8-9H,2-4,7H2,1H3. The molecule has 6 heteroatoms. The van der Waals surface area contributed by atoms with Crippen LogP contribution < -0.4 is 0 Å². The van der Waals surface area contributed by atoms with Crippen molar-refractivity contribution in [3.63, 3.8) is 0 Å². The Hall–Kier alpha value is -1.39. The van der Waals surface area contributed by atoms with Crippen LogP contribution in [0.15, 0.2) is 18.2 Å². The Balaban J connectivity index is 2.39. The first-order valence-corrected chi connectivity index (χ1v) is 7.27. The normalized spacial score (nSPS) is 10.8. The molecular weight excluding hydrogens is 297 g/mol. The predicted octanol–water partition coefficient (Wildman–Crippen LogP) is 4.25. The second kappa shape index (κ2) is 6.86. The number of carbonyl (C=O) groups is 1. The number of halogens is 2. The lowest BCUT2D eigenvalue weighted by Gasteiger charge is -2.07. The molecule has 0 aliphatic rings. The van der Waals surface area contributed by atoms with Gasteiger partial charge in [-0.25, -0.2) is 4.68 Å². The van der Waals surface area contributed by atoms with Gasteiger partial charge in [0.2, 0.25) is 0 Å². The maximum atomic E-state index is 11.1. The van der Waals surface area contributed by atoms with Crippen molar-refractivity contribution in [1.29, 1.82) is 0 Å². The zero-order valence-electron chi connectivity index (χ0n) is 11.1. The number of hydrogen-bond donors (Lipinski definition) is 0. The van der Waals surface area contributed by atoms with Crippen molar-refractivity contribution in [2.24, 2.45) is 0 Å². The Morgan fingerprint density at radius 1 is 1.25 bits per heavy atom. The Kier molecular flexibility index (Phi) is 5.15. The molecule has 2 aromatic rings. The van der Waals surface area contributed by atoms with Crippen LogP contribution in [-0.4, -0.2) is 21.3 Å². The second-order valence-corrected chi connectivity index (χ2v) is 5.31. The van der Waals surface area contributed by atoms with E-state index in [2.05, 4.69) is 17.2 Å². The van der Waals surface area contributed by atoms with E-state index in [1.165, 1.54) is 0 Å². The molecule has 0 aliphatic carbocycles. The van der Waals surface area contributed by atoms with E-state index < -0.39 is 0 Å². The van der Waals surface area contributed by atoms with E-state index in [9.17, 15) is 4.79 Å². The van der Waals surface area contributed by atoms with E-state index in [0.29, 0.717) is 27.7 Å². The highest BCUT2D eigenvalue weighted by molar-refractivity contribution is 6.42. The van der Waals surface area contributed by atoms with E-state index in [1.807, 2.05) is 6.07 Å². The van der Waals surface area contributed by atoms with E-state index in [0.717, 1.165) is 31.4 Å². The van der Waals surface area contributed by atoms with Gasteiger partial charge in [-0.05, 0) is 18.6 Å². The molecule has 1 aromatic heterocycles. The largest absolute Gasteiger partial charge is 0.296 e. The molecule has 20 heavy (non-hydrogen) atoms. The number of hydrogen-bond acceptors (Lipinski definition) is 3. The van der Waals surface area contributed by atoms with Crippen LogP contribution in [0.1, 0.15) is 36.7 Å². The number of unbranched alkanes of at least 4 members (excludes halogenated alkanes) is 2. The maximum Gasteiger partial charge on any atom is 0.172 e. The number of aldehydes is 1. The van der Waals surface area contributed by atoms with Gasteiger partial charge in [-0.15, -0.1) is 5.10 Å². The van der Waals surface area contributed by atoms with Gasteiger partial charge in [-0.2, -0.15) is 0 Å². The average Bonchev–Trinajstić information content (AvgIpc) is 2.85. The predicted molar refractivity (Wildman–Crippen MR) is 80.4 cm³/mol. The summed E-state index contributed by atoms with van der Waals surface area (Å²) in [6.45, 7) is 2.86. The minimum Gasteiger partial charge on any atom is -0.296 e. The van der Waals surface area contributed by atoms with Crippen LogP contribution in [-0.2, 0) is 6.54 Å². The van der Waals surface area contributed by atoms with Gasteiger partial charge in [-0.3, -0.25) is 4.79 Å². The lowest BCUT2D eigenvalue weighted by atomic mass is 10.1. The lowest BCUT2D eigenvalue weighted by molar-refractivity contribution is 0.111. The van der Waals surface area contributed by atoms with Gasteiger partial charge in [0.05, 0.1) is 15.7 Å². The molecule has 1 aromatic carbocycles. The summed E-state index contributed by atoms with van der Waals surface area (Å²) >= 11 is 12.0. The van der Waals surface area contributed by atoms with Crippen LogP contribution in [0, 0.1) is 0 Å². The van der Waals surface area contributed by atoms with Gasteiger partial charge in [0, 0.05) is 12.1 Å². The molecule has 106 valence electrons. The summed E-state index contributed by atoms with van der Waals surface area (Å²) in [5.74, 6) is 0. The number of aromatic nitrogens is 3. The van der Waals surface area contributed by atoms with Gasteiger partial charge in [0.15, 0.2) is 12.0 Å². The van der Waals surface area contributed by atoms with E-state index in [4.69, 9.17) is 23.2 Å². The molecule has 0 spiro atoms. The summed E-state index contributed by atoms with van der Waals surface area (Å²) < 4.78 is 1.75. The summed E-state index contributed by atoms with van der Waals surface area (Å²) in [5.41, 5.74) is 1.80. The zero-order chi connectivity index (χ0) is 14.5. The fourth-order valence-corrected chi connectivity index (χ4v) is 2.31. The quantitative estimate of drug-likeness (QED) is 0.591. The Labute approximate surface area is 127 Å². The summed E-state index contributed by atoms with van der Waals surface area (Å²) in [6.07, 6.45) is 3.93. The molecule has 4 nitrogen and oxygen atoms in total. The molecule has 0 atom stereocenters. The van der Waals surface area contributed by atoms with Gasteiger partial charge in [0.25, 0.3) is 0 Å². The van der Waals surface area contributed by atoms with Gasteiger partial charge >= 0.3 is 0 Å². The van der Waals surface area contributed by atoms with E-state index >= 15 is 0 Å². The van der Waals surface area contributed by atoms with Crippen molar-refractivity contribution in [2.45, 2.75) is 32.7 Å². The first kappa shape index (κ1) is 15.0. The number of aryl methyl sites for hydroxylation is 1. The number of nitrogens with zero attached hydrogens (tertiary/aromatic N) is 3. The summed E-state index contributed by atoms with van der Waals surface area (Å²) in [4.78, 5) is 11.1. The topological polar surface area (TPSA) is 47.8 Å².